The van der Waals surface area contributed by atoms with Gasteiger partial charge in [-0.2, -0.15) is 0 Å². The van der Waals surface area contributed by atoms with Gasteiger partial charge in [0.05, 0.1) is 10.6 Å². The molecule has 0 aromatic heterocycles. The van der Waals surface area contributed by atoms with E-state index in [9.17, 15) is 22.4 Å². The number of anilines is 1. The van der Waals surface area contributed by atoms with Crippen LogP contribution in [0.15, 0.2) is 83.8 Å². The third-order valence-electron chi connectivity index (χ3n) is 6.10. The molecule has 7 nitrogen and oxygen atoms in total. The molecule has 0 radical (unpaired) electrons. The van der Waals surface area contributed by atoms with E-state index >= 15 is 0 Å². The number of para-hydroxylation sites is 1. The van der Waals surface area contributed by atoms with Gasteiger partial charge < -0.3 is 10.2 Å². The van der Waals surface area contributed by atoms with Gasteiger partial charge in [-0.1, -0.05) is 74.0 Å². The number of rotatable bonds is 12. The molecule has 0 aliphatic heterocycles. The fraction of sp³-hybridized carbons (Fsp3) is 0.310. The van der Waals surface area contributed by atoms with Crippen molar-refractivity contribution in [1.82, 2.24) is 10.2 Å². The number of halogens is 1. The molecule has 0 saturated heterocycles. The Kier molecular flexibility index (Phi) is 10.0. The Bertz CT molecular complexity index is 1350. The van der Waals surface area contributed by atoms with E-state index in [2.05, 4.69) is 5.32 Å². The van der Waals surface area contributed by atoms with Gasteiger partial charge in [-0.25, -0.2) is 12.8 Å². The molecule has 1 atom stereocenters. The van der Waals surface area contributed by atoms with Crippen LogP contribution in [0.2, 0.25) is 0 Å². The molecule has 0 heterocycles. The van der Waals surface area contributed by atoms with Crippen LogP contribution < -0.4 is 9.62 Å². The van der Waals surface area contributed by atoms with Crippen LogP contribution in [0, 0.1) is 12.7 Å². The highest BCUT2D eigenvalue weighted by Crippen LogP contribution is 2.27. The normalized spacial score (nSPS) is 12.0. The summed E-state index contributed by atoms with van der Waals surface area (Å²) in [6, 6.07) is 19.7. The van der Waals surface area contributed by atoms with E-state index < -0.39 is 34.3 Å². The summed E-state index contributed by atoms with van der Waals surface area (Å²) in [7, 11) is -4.31. The Labute approximate surface area is 224 Å². The summed E-state index contributed by atoms with van der Waals surface area (Å²) in [4.78, 5) is 28.3. The maximum absolute atomic E-state index is 14.9. The minimum Gasteiger partial charge on any atom is -0.354 e. The fourth-order valence-electron chi connectivity index (χ4n) is 4.18. The average Bonchev–Trinajstić information content (AvgIpc) is 2.91. The van der Waals surface area contributed by atoms with Gasteiger partial charge in [-0.05, 0) is 49.6 Å². The lowest BCUT2D eigenvalue weighted by atomic mass is 10.1. The lowest BCUT2D eigenvalue weighted by Crippen LogP contribution is -2.52. The highest BCUT2D eigenvalue weighted by molar-refractivity contribution is 7.92. The van der Waals surface area contributed by atoms with Crippen molar-refractivity contribution in [3.8, 4) is 0 Å². The molecule has 0 aliphatic rings. The maximum Gasteiger partial charge on any atom is 0.264 e. The summed E-state index contributed by atoms with van der Waals surface area (Å²) in [5.74, 6) is -1.72. The first-order valence-corrected chi connectivity index (χ1v) is 14.1. The number of carbonyl (C=O) groups is 2. The van der Waals surface area contributed by atoms with Crippen LogP contribution in [-0.2, 0) is 26.2 Å². The van der Waals surface area contributed by atoms with Gasteiger partial charge in [0.15, 0.2) is 0 Å². The van der Waals surface area contributed by atoms with E-state index in [1.54, 1.807) is 25.1 Å². The Balaban J connectivity index is 2.05. The van der Waals surface area contributed by atoms with Gasteiger partial charge in [0.1, 0.15) is 18.4 Å². The van der Waals surface area contributed by atoms with E-state index in [1.165, 1.54) is 35.2 Å². The highest BCUT2D eigenvalue weighted by Gasteiger charge is 2.34. The fourth-order valence-corrected chi connectivity index (χ4v) is 5.62. The zero-order valence-electron chi connectivity index (χ0n) is 21.9. The topological polar surface area (TPSA) is 86.8 Å². The Morgan fingerprint density at radius 1 is 0.947 bits per heavy atom. The number of nitrogens with zero attached hydrogens (tertiary/aromatic N) is 2. The van der Waals surface area contributed by atoms with E-state index in [1.807, 2.05) is 38.1 Å². The Hall–Kier alpha value is -3.72. The highest BCUT2D eigenvalue weighted by atomic mass is 32.2. The molecule has 0 spiro atoms. The molecular weight excluding hydrogens is 505 g/mol. The number of sulfonamides is 1. The largest absolute Gasteiger partial charge is 0.354 e. The first-order valence-electron chi connectivity index (χ1n) is 12.6. The molecule has 2 amide bonds. The predicted molar refractivity (Wildman–Crippen MR) is 146 cm³/mol. The van der Waals surface area contributed by atoms with Gasteiger partial charge in [-0.15, -0.1) is 0 Å². The van der Waals surface area contributed by atoms with Gasteiger partial charge in [0, 0.05) is 13.1 Å². The molecule has 1 N–H and O–H groups in total. The second-order valence-electron chi connectivity index (χ2n) is 9.00. The van der Waals surface area contributed by atoms with E-state index in [-0.39, 0.29) is 23.0 Å². The van der Waals surface area contributed by atoms with Crippen molar-refractivity contribution in [2.45, 2.75) is 51.1 Å². The monoisotopic (exact) mass is 539 g/mol. The molecule has 1 unspecified atom stereocenters. The zero-order valence-corrected chi connectivity index (χ0v) is 22.7. The van der Waals surface area contributed by atoms with Gasteiger partial charge >= 0.3 is 0 Å². The first kappa shape index (κ1) is 28.8. The predicted octanol–water partition coefficient (Wildman–Crippen LogP) is 4.66. The second kappa shape index (κ2) is 13.2. The molecule has 0 bridgehead atoms. The van der Waals surface area contributed by atoms with Gasteiger partial charge in [-0.3, -0.25) is 13.9 Å². The minimum atomic E-state index is -4.31. The van der Waals surface area contributed by atoms with Crippen LogP contribution in [0.5, 0.6) is 0 Å². The molecule has 0 aliphatic carbocycles. The van der Waals surface area contributed by atoms with Crippen molar-refractivity contribution in [2.75, 3.05) is 17.4 Å². The third-order valence-corrected chi connectivity index (χ3v) is 7.88. The summed E-state index contributed by atoms with van der Waals surface area (Å²) in [6.07, 6.45) is 1.04. The molecule has 0 saturated carbocycles. The summed E-state index contributed by atoms with van der Waals surface area (Å²) in [5.41, 5.74) is 1.53. The molecule has 9 heteroatoms. The van der Waals surface area contributed by atoms with Gasteiger partial charge in [0.2, 0.25) is 11.8 Å². The summed E-state index contributed by atoms with van der Waals surface area (Å²) in [5, 5.41) is 2.84. The lowest BCUT2D eigenvalue weighted by molar-refractivity contribution is -0.140. The van der Waals surface area contributed by atoms with Crippen LogP contribution in [-0.4, -0.2) is 44.3 Å². The third kappa shape index (κ3) is 6.98. The molecule has 0 fully saturated rings. The molecule has 3 aromatic rings. The van der Waals surface area contributed by atoms with Crippen molar-refractivity contribution >= 4 is 27.5 Å². The number of hydrogen-bond acceptors (Lipinski definition) is 4. The summed E-state index contributed by atoms with van der Waals surface area (Å²) < 4.78 is 43.0. The standard InChI is InChI=1S/C29H34FN3O4S/c1-4-18-31-29(35)26(5-2)32(20-23-13-11-12-22(3)19-23)28(34)21-33(27-17-10-9-16-25(27)30)38(36,37)24-14-7-6-8-15-24/h6-17,19,26H,4-5,18,20-21H2,1-3H3,(H,31,35). The van der Waals surface area contributed by atoms with Gasteiger partial charge in [0.25, 0.3) is 10.0 Å². The van der Waals surface area contributed by atoms with Crippen LogP contribution in [0.25, 0.3) is 0 Å². The summed E-state index contributed by atoms with van der Waals surface area (Å²) in [6.45, 7) is 5.51. The number of nitrogens with one attached hydrogen (secondary N) is 1. The van der Waals surface area contributed by atoms with E-state index in [0.29, 0.717) is 13.0 Å². The molecular formula is C29H34FN3O4S. The smallest absolute Gasteiger partial charge is 0.264 e. The molecule has 3 rings (SSSR count). The Morgan fingerprint density at radius 2 is 1.63 bits per heavy atom. The minimum absolute atomic E-state index is 0.0750. The zero-order chi connectivity index (χ0) is 27.7. The van der Waals surface area contributed by atoms with Crippen molar-refractivity contribution in [3.05, 3.63) is 95.8 Å². The molecule has 38 heavy (non-hydrogen) atoms. The van der Waals surface area contributed by atoms with E-state index in [0.717, 1.165) is 27.9 Å². The maximum atomic E-state index is 14.9. The Morgan fingerprint density at radius 3 is 2.26 bits per heavy atom. The van der Waals surface area contributed by atoms with Crippen molar-refractivity contribution in [3.63, 3.8) is 0 Å². The van der Waals surface area contributed by atoms with Crippen LogP contribution in [0.4, 0.5) is 10.1 Å². The SMILES string of the molecule is CCCNC(=O)C(CC)N(Cc1cccc(C)c1)C(=O)CN(c1ccccc1F)S(=O)(=O)c1ccccc1. The summed E-state index contributed by atoms with van der Waals surface area (Å²) >= 11 is 0. The first-order chi connectivity index (χ1) is 18.2. The lowest BCUT2D eigenvalue weighted by Gasteiger charge is -2.33. The number of benzene rings is 3. The number of carbonyl (C=O) groups excluding carboxylic acids is 2. The number of hydrogen-bond donors (Lipinski definition) is 1. The molecule has 202 valence electrons. The quantitative estimate of drug-likeness (QED) is 0.363. The average molecular weight is 540 g/mol. The van der Waals surface area contributed by atoms with E-state index in [4.69, 9.17) is 0 Å². The van der Waals surface area contributed by atoms with Crippen LogP contribution >= 0.6 is 0 Å². The second-order valence-corrected chi connectivity index (χ2v) is 10.9. The van der Waals surface area contributed by atoms with Crippen LogP contribution in [0.1, 0.15) is 37.8 Å². The van der Waals surface area contributed by atoms with Crippen molar-refractivity contribution < 1.29 is 22.4 Å². The van der Waals surface area contributed by atoms with Crippen LogP contribution in [0.3, 0.4) is 0 Å². The number of amides is 2. The van der Waals surface area contributed by atoms with Crippen molar-refractivity contribution in [1.29, 1.82) is 0 Å². The van der Waals surface area contributed by atoms with Crippen molar-refractivity contribution in [2.24, 2.45) is 0 Å². The molecule has 3 aromatic carbocycles. The number of aryl methyl sites for hydroxylation is 1.